The Kier molecular flexibility index (Phi) is 3.79. The minimum Gasteiger partial charge on any atom is -0.391 e. The molecule has 1 rings (SSSR count). The van der Waals surface area contributed by atoms with E-state index in [1.807, 2.05) is 0 Å². The normalized spacial score (nSPS) is 26.3. The smallest absolute Gasteiger partial charge is 0.155 e. The van der Waals surface area contributed by atoms with Crippen molar-refractivity contribution < 1.29 is 18.3 Å². The number of hydrogen-bond acceptors (Lipinski definition) is 4. The summed E-state index contributed by atoms with van der Waals surface area (Å²) < 4.78 is 27.2. The average Bonchev–Trinajstić information content (AvgIpc) is 2.16. The van der Waals surface area contributed by atoms with Crippen LogP contribution in [0.5, 0.6) is 0 Å². The molecule has 0 spiro atoms. The van der Waals surface area contributed by atoms with Crippen LogP contribution < -0.4 is 0 Å². The molecule has 1 heterocycles. The first-order valence-electron chi connectivity index (χ1n) is 5.22. The molecule has 0 bridgehead atoms. The zero-order valence-corrected chi connectivity index (χ0v) is 10.4. The van der Waals surface area contributed by atoms with Crippen molar-refractivity contribution >= 4 is 9.84 Å². The Morgan fingerprint density at radius 3 is 2.47 bits per heavy atom. The first-order chi connectivity index (χ1) is 6.77. The summed E-state index contributed by atoms with van der Waals surface area (Å²) in [5.41, 5.74) is 0. The molecule has 90 valence electrons. The Morgan fingerprint density at radius 1 is 1.47 bits per heavy atom. The Morgan fingerprint density at radius 2 is 2.07 bits per heavy atom. The van der Waals surface area contributed by atoms with Crippen molar-refractivity contribution in [3.8, 4) is 0 Å². The fourth-order valence-electron chi connectivity index (χ4n) is 1.80. The minimum absolute atomic E-state index is 0.0662. The summed E-state index contributed by atoms with van der Waals surface area (Å²) >= 11 is 0. The Labute approximate surface area is 91.6 Å². The van der Waals surface area contributed by atoms with Gasteiger partial charge in [0, 0.05) is 18.8 Å². The van der Waals surface area contributed by atoms with Gasteiger partial charge >= 0.3 is 0 Å². The molecule has 2 atom stereocenters. The highest BCUT2D eigenvalue weighted by atomic mass is 32.2. The van der Waals surface area contributed by atoms with Gasteiger partial charge in [0.1, 0.15) is 0 Å². The molecule has 5 heteroatoms. The molecule has 0 aliphatic carbocycles. The van der Waals surface area contributed by atoms with E-state index in [9.17, 15) is 13.5 Å². The molecule has 0 radical (unpaired) electrons. The summed E-state index contributed by atoms with van der Waals surface area (Å²) in [4.78, 5) is 0. The number of aliphatic hydroxyl groups is 1. The summed E-state index contributed by atoms with van der Waals surface area (Å²) in [7, 11) is -3.26. The molecule has 1 aliphatic heterocycles. The number of hydrogen-bond donors (Lipinski definition) is 1. The number of ether oxygens (including phenoxy) is 1. The van der Waals surface area contributed by atoms with Crippen molar-refractivity contribution in [3.63, 3.8) is 0 Å². The fourth-order valence-corrected chi connectivity index (χ4v) is 2.43. The van der Waals surface area contributed by atoms with Crippen LogP contribution in [0.25, 0.3) is 0 Å². The van der Waals surface area contributed by atoms with Gasteiger partial charge < -0.3 is 9.84 Å². The van der Waals surface area contributed by atoms with E-state index in [1.165, 1.54) is 6.26 Å². The SMILES string of the molecule is CC(C)(C(O)C1CCCOC1)S(C)(=O)=O. The van der Waals surface area contributed by atoms with Crippen LogP contribution in [-0.4, -0.2) is 43.8 Å². The van der Waals surface area contributed by atoms with E-state index in [-0.39, 0.29) is 5.92 Å². The highest BCUT2D eigenvalue weighted by Crippen LogP contribution is 2.29. The Balaban J connectivity index is 2.78. The first kappa shape index (κ1) is 12.9. The monoisotopic (exact) mass is 236 g/mol. The molecule has 0 aromatic heterocycles. The summed E-state index contributed by atoms with van der Waals surface area (Å²) in [6, 6.07) is 0. The van der Waals surface area contributed by atoms with Gasteiger partial charge in [0.15, 0.2) is 9.84 Å². The maximum absolute atomic E-state index is 11.5. The molecule has 1 fully saturated rings. The van der Waals surface area contributed by atoms with E-state index < -0.39 is 20.7 Å². The lowest BCUT2D eigenvalue weighted by Crippen LogP contribution is -2.49. The molecule has 0 aromatic rings. The van der Waals surface area contributed by atoms with Crippen LogP contribution in [0, 0.1) is 5.92 Å². The highest BCUT2D eigenvalue weighted by Gasteiger charge is 2.42. The van der Waals surface area contributed by atoms with E-state index >= 15 is 0 Å². The van der Waals surface area contributed by atoms with Gasteiger partial charge in [0.05, 0.1) is 17.5 Å². The standard InChI is InChI=1S/C10H20O4S/c1-10(2,15(3,12)13)9(11)8-5-4-6-14-7-8/h8-9,11H,4-7H2,1-3H3. The topological polar surface area (TPSA) is 63.6 Å². The largest absolute Gasteiger partial charge is 0.391 e. The van der Waals surface area contributed by atoms with E-state index in [4.69, 9.17) is 4.74 Å². The van der Waals surface area contributed by atoms with Crippen LogP contribution in [0.15, 0.2) is 0 Å². The molecule has 0 saturated carbocycles. The van der Waals surface area contributed by atoms with Crippen molar-refractivity contribution in [1.82, 2.24) is 0 Å². The molecule has 1 saturated heterocycles. The molecule has 0 aromatic carbocycles. The number of aliphatic hydroxyl groups excluding tert-OH is 1. The van der Waals surface area contributed by atoms with Crippen molar-refractivity contribution in [2.24, 2.45) is 5.92 Å². The maximum atomic E-state index is 11.5. The third kappa shape index (κ3) is 2.71. The predicted octanol–water partition coefficient (Wildman–Crippen LogP) is 0.597. The van der Waals surface area contributed by atoms with Gasteiger partial charge in [-0.2, -0.15) is 0 Å². The quantitative estimate of drug-likeness (QED) is 0.779. The molecule has 1 N–H and O–H groups in total. The molecular formula is C10H20O4S. The van der Waals surface area contributed by atoms with Gasteiger partial charge in [-0.15, -0.1) is 0 Å². The molecule has 4 nitrogen and oxygen atoms in total. The zero-order chi connectivity index (χ0) is 11.7. The van der Waals surface area contributed by atoms with Gasteiger partial charge in [-0.1, -0.05) is 0 Å². The number of sulfone groups is 1. The number of rotatable bonds is 3. The second-order valence-corrected chi connectivity index (χ2v) is 7.39. The van der Waals surface area contributed by atoms with Gasteiger partial charge in [-0.3, -0.25) is 0 Å². The minimum atomic E-state index is -3.26. The van der Waals surface area contributed by atoms with Gasteiger partial charge in [-0.05, 0) is 26.7 Å². The van der Waals surface area contributed by atoms with Crippen LogP contribution in [-0.2, 0) is 14.6 Å². The lowest BCUT2D eigenvalue weighted by atomic mass is 9.88. The van der Waals surface area contributed by atoms with E-state index in [2.05, 4.69) is 0 Å². The van der Waals surface area contributed by atoms with Crippen LogP contribution in [0.3, 0.4) is 0 Å². The van der Waals surface area contributed by atoms with Crippen molar-refractivity contribution in [3.05, 3.63) is 0 Å². The van der Waals surface area contributed by atoms with Crippen LogP contribution >= 0.6 is 0 Å². The van der Waals surface area contributed by atoms with Gasteiger partial charge in [-0.25, -0.2) is 8.42 Å². The van der Waals surface area contributed by atoms with Crippen molar-refractivity contribution in [2.75, 3.05) is 19.5 Å². The lowest BCUT2D eigenvalue weighted by Gasteiger charge is -2.36. The third-order valence-electron chi connectivity index (χ3n) is 3.31. The third-order valence-corrected chi connectivity index (χ3v) is 5.46. The second-order valence-electron chi connectivity index (χ2n) is 4.80. The molecule has 15 heavy (non-hydrogen) atoms. The van der Waals surface area contributed by atoms with E-state index in [1.54, 1.807) is 13.8 Å². The summed E-state index contributed by atoms with van der Waals surface area (Å²) in [6.07, 6.45) is 2.04. The summed E-state index contributed by atoms with van der Waals surface area (Å²) in [6.45, 7) is 4.31. The van der Waals surface area contributed by atoms with E-state index in [0.29, 0.717) is 13.2 Å². The molecule has 0 amide bonds. The van der Waals surface area contributed by atoms with Crippen molar-refractivity contribution in [2.45, 2.75) is 37.5 Å². The predicted molar refractivity (Wildman–Crippen MR) is 58.5 cm³/mol. The summed E-state index contributed by atoms with van der Waals surface area (Å²) in [5.74, 6) is -0.0662. The Hall–Kier alpha value is -0.130. The second kappa shape index (κ2) is 4.39. The molecular weight excluding hydrogens is 216 g/mol. The maximum Gasteiger partial charge on any atom is 0.155 e. The average molecular weight is 236 g/mol. The van der Waals surface area contributed by atoms with E-state index in [0.717, 1.165) is 12.8 Å². The first-order valence-corrected chi connectivity index (χ1v) is 7.11. The Bertz CT molecular complexity index is 301. The van der Waals surface area contributed by atoms with Crippen LogP contribution in [0.4, 0.5) is 0 Å². The lowest BCUT2D eigenvalue weighted by molar-refractivity contribution is -0.0210. The van der Waals surface area contributed by atoms with Crippen LogP contribution in [0.2, 0.25) is 0 Å². The zero-order valence-electron chi connectivity index (χ0n) is 9.56. The highest BCUT2D eigenvalue weighted by molar-refractivity contribution is 7.92. The molecule has 1 aliphatic rings. The fraction of sp³-hybridized carbons (Fsp3) is 1.00. The summed E-state index contributed by atoms with van der Waals surface area (Å²) in [5, 5.41) is 10.1. The van der Waals surface area contributed by atoms with Gasteiger partial charge in [0.25, 0.3) is 0 Å². The molecule has 2 unspecified atom stereocenters. The van der Waals surface area contributed by atoms with Gasteiger partial charge in [0.2, 0.25) is 0 Å². The van der Waals surface area contributed by atoms with Crippen molar-refractivity contribution in [1.29, 1.82) is 0 Å². The van der Waals surface area contributed by atoms with Crippen LogP contribution in [0.1, 0.15) is 26.7 Å².